The summed E-state index contributed by atoms with van der Waals surface area (Å²) in [7, 11) is 0. The molecule has 0 radical (unpaired) electrons. The van der Waals surface area contributed by atoms with Crippen molar-refractivity contribution < 1.29 is 9.53 Å². The van der Waals surface area contributed by atoms with E-state index in [4.69, 9.17) is 4.74 Å². The van der Waals surface area contributed by atoms with E-state index in [0.29, 0.717) is 11.7 Å². The molecule has 1 aromatic heterocycles. The van der Waals surface area contributed by atoms with Crippen LogP contribution in [0.3, 0.4) is 0 Å². The minimum atomic E-state index is -0.439. The Bertz CT molecular complexity index is 324. The summed E-state index contributed by atoms with van der Waals surface area (Å²) in [5.41, 5.74) is 0. The lowest BCUT2D eigenvalue weighted by Gasteiger charge is -1.98. The van der Waals surface area contributed by atoms with Gasteiger partial charge in [-0.3, -0.25) is 0 Å². The number of aromatic nitrogens is 2. The number of carbonyl (C=O) groups excluding carboxylic acids is 1. The van der Waals surface area contributed by atoms with Gasteiger partial charge in [-0.25, -0.2) is 9.79 Å². The molecule has 14 heavy (non-hydrogen) atoms. The Labute approximate surface area is 85.8 Å². The summed E-state index contributed by atoms with van der Waals surface area (Å²) in [6.07, 6.45) is 1.85. The Morgan fingerprint density at radius 3 is 3.00 bits per heavy atom. The van der Waals surface area contributed by atoms with E-state index in [1.165, 1.54) is 0 Å². The molecule has 0 saturated carbocycles. The van der Waals surface area contributed by atoms with E-state index in [9.17, 15) is 4.79 Å². The average molecular weight is 213 g/mol. The molecule has 6 heteroatoms. The van der Waals surface area contributed by atoms with Gasteiger partial charge in [0.2, 0.25) is 10.1 Å². The van der Waals surface area contributed by atoms with Gasteiger partial charge < -0.3 is 4.74 Å². The Morgan fingerprint density at radius 2 is 2.43 bits per heavy atom. The lowest BCUT2D eigenvalue weighted by Crippen LogP contribution is -2.05. The van der Waals surface area contributed by atoms with E-state index in [1.54, 1.807) is 0 Å². The molecule has 0 amide bonds. The van der Waals surface area contributed by atoms with Gasteiger partial charge in [0.1, 0.15) is 0 Å². The molecule has 1 heterocycles. The molecule has 1 aromatic rings. The van der Waals surface area contributed by atoms with Crippen LogP contribution in [0.5, 0.6) is 0 Å². The van der Waals surface area contributed by atoms with Gasteiger partial charge in [0.05, 0.1) is 6.61 Å². The van der Waals surface area contributed by atoms with Crippen LogP contribution in [0.2, 0.25) is 0 Å². The van der Waals surface area contributed by atoms with Crippen molar-refractivity contribution in [1.82, 2.24) is 10.2 Å². The van der Waals surface area contributed by atoms with E-state index in [0.717, 1.165) is 24.2 Å². The molecule has 5 nitrogen and oxygen atoms in total. The Kier molecular flexibility index (Phi) is 4.18. The normalized spacial score (nSPS) is 9.79. The fraction of sp³-hybridized carbons (Fsp3) is 0.500. The highest BCUT2D eigenvalue weighted by atomic mass is 32.1. The number of hydrogen-bond donors (Lipinski definition) is 0. The fourth-order valence-corrected chi connectivity index (χ4v) is 1.28. The molecular weight excluding hydrogens is 202 g/mol. The zero-order valence-electron chi connectivity index (χ0n) is 7.89. The average Bonchev–Trinajstić information content (AvgIpc) is 2.66. The predicted octanol–water partition coefficient (Wildman–Crippen LogP) is 1.83. The fourth-order valence-electron chi connectivity index (χ4n) is 0.733. The minimum absolute atomic E-state index is 0.225. The number of aliphatic imine (C=N–C) groups is 1. The van der Waals surface area contributed by atoms with Gasteiger partial charge in [0.15, 0.2) is 0 Å². The second kappa shape index (κ2) is 5.43. The Balaban J connectivity index is 2.47. The highest BCUT2D eigenvalue weighted by molar-refractivity contribution is 7.16. The number of ether oxygens (including phenoxy) is 1. The first-order valence-corrected chi connectivity index (χ1v) is 5.07. The molecule has 0 aliphatic heterocycles. The van der Waals surface area contributed by atoms with Crippen molar-refractivity contribution in [2.45, 2.75) is 19.8 Å². The van der Waals surface area contributed by atoms with Gasteiger partial charge >= 0.3 is 5.97 Å². The van der Waals surface area contributed by atoms with Crippen molar-refractivity contribution in [2.24, 2.45) is 4.99 Å². The molecule has 0 spiro atoms. The van der Waals surface area contributed by atoms with Gasteiger partial charge in [-0.2, -0.15) is 0 Å². The van der Waals surface area contributed by atoms with E-state index in [-0.39, 0.29) is 5.01 Å². The molecule has 76 valence electrons. The van der Waals surface area contributed by atoms with Crippen LogP contribution in [0.4, 0.5) is 5.13 Å². The van der Waals surface area contributed by atoms with Crippen LogP contribution < -0.4 is 0 Å². The molecule has 0 aromatic carbocycles. The van der Waals surface area contributed by atoms with Crippen molar-refractivity contribution in [2.75, 3.05) is 6.61 Å². The number of hydrogen-bond acceptors (Lipinski definition) is 6. The largest absolute Gasteiger partial charge is 0.460 e. The summed E-state index contributed by atoms with van der Waals surface area (Å²) in [6, 6.07) is 0. The maximum absolute atomic E-state index is 11.3. The minimum Gasteiger partial charge on any atom is -0.460 e. The van der Waals surface area contributed by atoms with Crippen LogP contribution in [0.15, 0.2) is 4.99 Å². The third-order valence-electron chi connectivity index (χ3n) is 1.46. The number of rotatable bonds is 5. The highest BCUT2D eigenvalue weighted by Gasteiger charge is 2.12. The second-order valence-corrected chi connectivity index (χ2v) is 3.49. The number of esters is 1. The molecule has 0 unspecified atom stereocenters. The van der Waals surface area contributed by atoms with Gasteiger partial charge in [0, 0.05) is 0 Å². The zero-order chi connectivity index (χ0) is 10.4. The third kappa shape index (κ3) is 2.88. The van der Waals surface area contributed by atoms with Crippen LogP contribution in [0, 0.1) is 0 Å². The zero-order valence-corrected chi connectivity index (χ0v) is 8.71. The van der Waals surface area contributed by atoms with Crippen molar-refractivity contribution in [3.8, 4) is 0 Å². The van der Waals surface area contributed by atoms with Crippen LogP contribution in [-0.4, -0.2) is 29.5 Å². The smallest absolute Gasteiger partial charge is 0.369 e. The van der Waals surface area contributed by atoms with Crippen molar-refractivity contribution >= 4 is 29.2 Å². The summed E-state index contributed by atoms with van der Waals surface area (Å²) >= 11 is 1.07. The topological polar surface area (TPSA) is 64.4 Å². The van der Waals surface area contributed by atoms with Crippen molar-refractivity contribution in [3.63, 3.8) is 0 Å². The maximum Gasteiger partial charge on any atom is 0.369 e. The molecule has 1 rings (SSSR count). The SMILES string of the molecule is C=Nc1nnc(C(=O)OCCCC)s1. The molecule has 0 aliphatic rings. The summed E-state index contributed by atoms with van der Waals surface area (Å²) in [6.45, 7) is 5.73. The first-order valence-electron chi connectivity index (χ1n) is 4.25. The van der Waals surface area contributed by atoms with Crippen LogP contribution >= 0.6 is 11.3 Å². The predicted molar refractivity (Wildman–Crippen MR) is 54.3 cm³/mol. The summed E-state index contributed by atoms with van der Waals surface area (Å²) in [5.74, 6) is -0.439. The molecule has 0 aliphatic carbocycles. The number of carbonyl (C=O) groups is 1. The standard InChI is InChI=1S/C8H11N3O2S/c1-3-4-5-13-7(12)6-10-11-8(9-2)14-6/h2-5H2,1H3. The van der Waals surface area contributed by atoms with Gasteiger partial charge in [-0.1, -0.05) is 24.7 Å². The lowest BCUT2D eigenvalue weighted by molar-refractivity contribution is 0.0498. The Hall–Kier alpha value is -1.30. The van der Waals surface area contributed by atoms with Gasteiger partial charge in [-0.05, 0) is 13.1 Å². The van der Waals surface area contributed by atoms with Crippen molar-refractivity contribution in [1.29, 1.82) is 0 Å². The van der Waals surface area contributed by atoms with Crippen LogP contribution in [0.1, 0.15) is 29.6 Å². The molecular formula is C8H11N3O2S. The summed E-state index contributed by atoms with van der Waals surface area (Å²) in [4.78, 5) is 14.8. The maximum atomic E-state index is 11.3. The second-order valence-electron chi connectivity index (χ2n) is 2.54. The number of nitrogens with zero attached hydrogens (tertiary/aromatic N) is 3. The summed E-state index contributed by atoms with van der Waals surface area (Å²) < 4.78 is 4.93. The molecule has 0 saturated heterocycles. The van der Waals surface area contributed by atoms with Crippen LogP contribution in [0.25, 0.3) is 0 Å². The number of unbranched alkanes of at least 4 members (excludes halogenated alkanes) is 1. The Morgan fingerprint density at radius 1 is 1.64 bits per heavy atom. The van der Waals surface area contributed by atoms with E-state index in [1.807, 2.05) is 6.92 Å². The first kappa shape index (κ1) is 10.8. The van der Waals surface area contributed by atoms with Gasteiger partial charge in [-0.15, -0.1) is 10.2 Å². The molecule has 0 fully saturated rings. The molecule has 0 N–H and O–H groups in total. The van der Waals surface area contributed by atoms with Crippen molar-refractivity contribution in [3.05, 3.63) is 5.01 Å². The first-order chi connectivity index (χ1) is 6.77. The third-order valence-corrected chi connectivity index (χ3v) is 2.29. The lowest BCUT2D eigenvalue weighted by atomic mass is 10.4. The monoisotopic (exact) mass is 213 g/mol. The van der Waals surface area contributed by atoms with Gasteiger partial charge in [0.25, 0.3) is 0 Å². The van der Waals surface area contributed by atoms with E-state index in [2.05, 4.69) is 21.9 Å². The summed E-state index contributed by atoms with van der Waals surface area (Å²) in [5, 5.41) is 7.86. The van der Waals surface area contributed by atoms with E-state index < -0.39 is 5.97 Å². The quantitative estimate of drug-likeness (QED) is 0.425. The highest BCUT2D eigenvalue weighted by Crippen LogP contribution is 2.18. The molecule has 0 bridgehead atoms. The van der Waals surface area contributed by atoms with E-state index >= 15 is 0 Å². The van der Waals surface area contributed by atoms with Crippen LogP contribution in [-0.2, 0) is 4.74 Å². The molecule has 0 atom stereocenters.